The Morgan fingerprint density at radius 1 is 0.800 bits per heavy atom. The minimum Gasteiger partial charge on any atom is -0.380 e. The Kier molecular flexibility index (Phi) is 8.71. The summed E-state index contributed by atoms with van der Waals surface area (Å²) in [5, 5.41) is 0. The molecular formula is C23H33NO. The van der Waals surface area contributed by atoms with Crippen LogP contribution in [0.1, 0.15) is 49.8 Å². The van der Waals surface area contributed by atoms with E-state index >= 15 is 0 Å². The average Bonchev–Trinajstić information content (AvgIpc) is 2.67. The van der Waals surface area contributed by atoms with Crippen LogP contribution in [0.15, 0.2) is 54.6 Å². The van der Waals surface area contributed by atoms with Crippen LogP contribution in [-0.4, -0.2) is 37.7 Å². The number of nitrogens with zero attached hydrogens (tertiary/aromatic N) is 1. The van der Waals surface area contributed by atoms with Crippen molar-refractivity contribution >= 4 is 0 Å². The molecule has 0 radical (unpaired) electrons. The summed E-state index contributed by atoms with van der Waals surface area (Å²) in [4.78, 5) is 2.39. The van der Waals surface area contributed by atoms with Crippen LogP contribution in [0.5, 0.6) is 0 Å². The van der Waals surface area contributed by atoms with Crippen LogP contribution < -0.4 is 0 Å². The van der Waals surface area contributed by atoms with E-state index in [0.29, 0.717) is 5.92 Å². The fraction of sp³-hybridized carbons (Fsp3) is 0.478. The maximum Gasteiger partial charge on any atom is 0.0593 e. The summed E-state index contributed by atoms with van der Waals surface area (Å²) >= 11 is 0. The van der Waals surface area contributed by atoms with Crippen molar-refractivity contribution in [3.05, 3.63) is 71.3 Å². The predicted molar refractivity (Wildman–Crippen MR) is 107 cm³/mol. The number of hydrogen-bond acceptors (Lipinski definition) is 2. The van der Waals surface area contributed by atoms with Crippen LogP contribution >= 0.6 is 0 Å². The van der Waals surface area contributed by atoms with Gasteiger partial charge >= 0.3 is 0 Å². The summed E-state index contributed by atoms with van der Waals surface area (Å²) in [5.41, 5.74) is 4.16. The second kappa shape index (κ2) is 11.1. The van der Waals surface area contributed by atoms with Gasteiger partial charge in [0.25, 0.3) is 0 Å². The van der Waals surface area contributed by atoms with Crippen molar-refractivity contribution in [1.29, 1.82) is 0 Å². The lowest BCUT2D eigenvalue weighted by molar-refractivity contribution is 0.109. The highest BCUT2D eigenvalue weighted by Gasteiger charge is 2.11. The van der Waals surface area contributed by atoms with Crippen LogP contribution in [-0.2, 0) is 11.2 Å². The van der Waals surface area contributed by atoms with E-state index in [1.807, 2.05) is 0 Å². The van der Waals surface area contributed by atoms with E-state index in [0.717, 1.165) is 45.7 Å². The van der Waals surface area contributed by atoms with Crippen molar-refractivity contribution in [2.75, 3.05) is 32.8 Å². The Hall–Kier alpha value is -1.64. The van der Waals surface area contributed by atoms with Gasteiger partial charge in [0.15, 0.2) is 0 Å². The fourth-order valence-corrected chi connectivity index (χ4v) is 3.29. The number of ether oxygens (including phenoxy) is 1. The summed E-state index contributed by atoms with van der Waals surface area (Å²) < 4.78 is 5.80. The highest BCUT2D eigenvalue weighted by atomic mass is 16.5. The standard InChI is InChI=1S/C23H33NO/c1-4-23(21-10-8-7-9-11-21)22-14-12-20(13-15-22)16-18-25-19-17-24(5-2)6-3/h7-15,23H,4-6,16-19H2,1-3H3. The zero-order valence-corrected chi connectivity index (χ0v) is 16.1. The first-order chi connectivity index (χ1) is 12.3. The van der Waals surface area contributed by atoms with E-state index in [2.05, 4.69) is 80.3 Å². The Morgan fingerprint density at radius 3 is 2.04 bits per heavy atom. The molecule has 0 N–H and O–H groups in total. The van der Waals surface area contributed by atoms with Crippen molar-refractivity contribution in [2.24, 2.45) is 0 Å². The zero-order chi connectivity index (χ0) is 17.9. The molecule has 0 amide bonds. The summed E-state index contributed by atoms with van der Waals surface area (Å²) in [6, 6.07) is 19.9. The first-order valence-corrected chi connectivity index (χ1v) is 9.72. The molecule has 0 saturated carbocycles. The van der Waals surface area contributed by atoms with Gasteiger partial charge in [0.05, 0.1) is 13.2 Å². The van der Waals surface area contributed by atoms with Gasteiger partial charge in [-0.15, -0.1) is 0 Å². The van der Waals surface area contributed by atoms with Crippen molar-refractivity contribution in [1.82, 2.24) is 4.90 Å². The summed E-state index contributed by atoms with van der Waals surface area (Å²) in [5.74, 6) is 0.487. The lowest BCUT2D eigenvalue weighted by Crippen LogP contribution is -2.27. The normalized spacial score (nSPS) is 12.5. The molecule has 0 aliphatic rings. The molecule has 0 bridgehead atoms. The van der Waals surface area contributed by atoms with Gasteiger partial charge in [-0.3, -0.25) is 0 Å². The number of benzene rings is 2. The molecule has 0 aliphatic heterocycles. The second-order valence-electron chi connectivity index (χ2n) is 6.50. The van der Waals surface area contributed by atoms with Gasteiger partial charge in [-0.1, -0.05) is 75.4 Å². The molecular weight excluding hydrogens is 306 g/mol. The van der Waals surface area contributed by atoms with Crippen molar-refractivity contribution in [3.8, 4) is 0 Å². The van der Waals surface area contributed by atoms with Gasteiger partial charge in [0.1, 0.15) is 0 Å². The third-order valence-electron chi connectivity index (χ3n) is 4.97. The zero-order valence-electron chi connectivity index (χ0n) is 16.1. The highest BCUT2D eigenvalue weighted by molar-refractivity contribution is 5.34. The monoisotopic (exact) mass is 339 g/mol. The average molecular weight is 340 g/mol. The topological polar surface area (TPSA) is 12.5 Å². The maximum atomic E-state index is 5.80. The lowest BCUT2D eigenvalue weighted by atomic mass is 9.88. The van der Waals surface area contributed by atoms with E-state index < -0.39 is 0 Å². The van der Waals surface area contributed by atoms with Gasteiger partial charge in [-0.05, 0) is 42.6 Å². The lowest BCUT2D eigenvalue weighted by Gasteiger charge is -2.18. The molecule has 2 aromatic rings. The van der Waals surface area contributed by atoms with Crippen LogP contribution in [0.3, 0.4) is 0 Å². The number of hydrogen-bond donors (Lipinski definition) is 0. The molecule has 136 valence electrons. The minimum atomic E-state index is 0.487. The molecule has 2 heteroatoms. The van der Waals surface area contributed by atoms with Gasteiger partial charge < -0.3 is 9.64 Å². The molecule has 1 unspecified atom stereocenters. The molecule has 2 rings (SSSR count). The first-order valence-electron chi connectivity index (χ1n) is 9.72. The van der Waals surface area contributed by atoms with Crippen molar-refractivity contribution < 1.29 is 4.74 Å². The van der Waals surface area contributed by atoms with Crippen LogP contribution in [0.25, 0.3) is 0 Å². The quantitative estimate of drug-likeness (QED) is 0.526. The van der Waals surface area contributed by atoms with E-state index in [4.69, 9.17) is 4.74 Å². The summed E-state index contributed by atoms with van der Waals surface area (Å²) in [6.45, 7) is 11.5. The summed E-state index contributed by atoms with van der Waals surface area (Å²) in [7, 11) is 0. The molecule has 0 aromatic heterocycles. The highest BCUT2D eigenvalue weighted by Crippen LogP contribution is 2.27. The molecule has 1 atom stereocenters. The fourth-order valence-electron chi connectivity index (χ4n) is 3.29. The van der Waals surface area contributed by atoms with Crippen molar-refractivity contribution in [3.63, 3.8) is 0 Å². The molecule has 2 nitrogen and oxygen atoms in total. The van der Waals surface area contributed by atoms with E-state index in [-0.39, 0.29) is 0 Å². The number of rotatable bonds is 11. The van der Waals surface area contributed by atoms with Crippen LogP contribution in [0.2, 0.25) is 0 Å². The van der Waals surface area contributed by atoms with Crippen LogP contribution in [0.4, 0.5) is 0 Å². The Morgan fingerprint density at radius 2 is 1.44 bits per heavy atom. The Bertz CT molecular complexity index is 575. The van der Waals surface area contributed by atoms with E-state index in [1.165, 1.54) is 16.7 Å². The third kappa shape index (κ3) is 6.30. The van der Waals surface area contributed by atoms with E-state index in [1.54, 1.807) is 0 Å². The molecule has 0 spiro atoms. The number of likely N-dealkylation sites (N-methyl/N-ethyl adjacent to an activating group) is 1. The minimum absolute atomic E-state index is 0.487. The largest absolute Gasteiger partial charge is 0.380 e. The van der Waals surface area contributed by atoms with Crippen LogP contribution in [0, 0.1) is 0 Å². The van der Waals surface area contributed by atoms with Gasteiger partial charge in [-0.25, -0.2) is 0 Å². The molecule has 2 aromatic carbocycles. The molecule has 0 heterocycles. The Balaban J connectivity index is 1.81. The third-order valence-corrected chi connectivity index (χ3v) is 4.97. The molecule has 25 heavy (non-hydrogen) atoms. The molecule has 0 aliphatic carbocycles. The smallest absolute Gasteiger partial charge is 0.0593 e. The van der Waals surface area contributed by atoms with E-state index in [9.17, 15) is 0 Å². The van der Waals surface area contributed by atoms with Gasteiger partial charge in [0.2, 0.25) is 0 Å². The SMILES string of the molecule is CCC(c1ccccc1)c1ccc(CCOCCN(CC)CC)cc1. The second-order valence-corrected chi connectivity index (χ2v) is 6.50. The van der Waals surface area contributed by atoms with Gasteiger partial charge in [-0.2, -0.15) is 0 Å². The summed E-state index contributed by atoms with van der Waals surface area (Å²) in [6.07, 6.45) is 2.11. The molecule has 0 fully saturated rings. The predicted octanol–water partition coefficient (Wildman–Crippen LogP) is 5.13. The first kappa shape index (κ1) is 19.7. The molecule has 0 saturated heterocycles. The van der Waals surface area contributed by atoms with Gasteiger partial charge in [0, 0.05) is 12.5 Å². The maximum absolute atomic E-state index is 5.80. The van der Waals surface area contributed by atoms with Crippen molar-refractivity contribution in [2.45, 2.75) is 39.5 Å². The Labute approximate surface area is 153 Å².